The van der Waals surface area contributed by atoms with Crippen molar-refractivity contribution >= 4 is 40.1 Å². The quantitative estimate of drug-likeness (QED) is 0.840. The lowest BCUT2D eigenvalue weighted by Gasteiger charge is -2.21. The smallest absolute Gasteiger partial charge is 0.228 e. The molecule has 0 bridgehead atoms. The Morgan fingerprint density at radius 2 is 1.95 bits per heavy atom. The summed E-state index contributed by atoms with van der Waals surface area (Å²) in [5.41, 5.74) is 2.92. The van der Waals surface area contributed by atoms with E-state index in [0.717, 1.165) is 16.8 Å². The summed E-state index contributed by atoms with van der Waals surface area (Å²) in [5, 5.41) is 0.795. The van der Waals surface area contributed by atoms with Crippen molar-refractivity contribution in [1.29, 1.82) is 0 Å². The first kappa shape index (κ1) is 14.4. The van der Waals surface area contributed by atoms with Gasteiger partial charge >= 0.3 is 0 Å². The Kier molecular flexibility index (Phi) is 4.21. The van der Waals surface area contributed by atoms with Crippen LogP contribution in [-0.2, 0) is 9.59 Å². The minimum absolute atomic E-state index is 0.0551. The van der Waals surface area contributed by atoms with Crippen LogP contribution in [0.1, 0.15) is 24.5 Å². The molecule has 19 heavy (non-hydrogen) atoms. The second-order valence-corrected chi connectivity index (χ2v) is 6.74. The zero-order valence-electron chi connectivity index (χ0n) is 11.2. The van der Waals surface area contributed by atoms with Crippen LogP contribution in [0.3, 0.4) is 0 Å². The molecule has 0 radical (unpaired) electrons. The van der Waals surface area contributed by atoms with E-state index in [0.29, 0.717) is 18.0 Å². The SMILES string of the molecule is CC(=O)SC1CC(=O)N(c2c(C)cc(Cl)cc2C)C1. The molecule has 0 spiro atoms. The van der Waals surface area contributed by atoms with E-state index in [1.165, 1.54) is 18.7 Å². The van der Waals surface area contributed by atoms with E-state index >= 15 is 0 Å². The average molecular weight is 298 g/mol. The molecule has 3 nitrogen and oxygen atoms in total. The normalized spacial score (nSPS) is 19.1. The molecule has 0 aromatic heterocycles. The van der Waals surface area contributed by atoms with Crippen molar-refractivity contribution < 1.29 is 9.59 Å². The molecule has 102 valence electrons. The highest BCUT2D eigenvalue weighted by molar-refractivity contribution is 8.14. The molecule has 1 atom stereocenters. The van der Waals surface area contributed by atoms with E-state index in [4.69, 9.17) is 11.6 Å². The summed E-state index contributed by atoms with van der Waals surface area (Å²) in [7, 11) is 0. The average Bonchev–Trinajstić information content (AvgIpc) is 2.57. The highest BCUT2D eigenvalue weighted by atomic mass is 35.5. The summed E-state index contributed by atoms with van der Waals surface area (Å²) < 4.78 is 0. The monoisotopic (exact) mass is 297 g/mol. The van der Waals surface area contributed by atoms with Gasteiger partial charge in [0.15, 0.2) is 5.12 Å². The second kappa shape index (κ2) is 5.55. The molecule has 1 aliphatic heterocycles. The first-order valence-electron chi connectivity index (χ1n) is 6.13. The van der Waals surface area contributed by atoms with Gasteiger partial charge in [0.1, 0.15) is 0 Å². The lowest BCUT2D eigenvalue weighted by Crippen LogP contribution is -2.26. The molecule has 1 saturated heterocycles. The third kappa shape index (κ3) is 3.12. The van der Waals surface area contributed by atoms with E-state index < -0.39 is 0 Å². The topological polar surface area (TPSA) is 37.4 Å². The standard InChI is InChI=1S/C14H16ClNO2S/c1-8-4-11(15)5-9(2)14(8)16-7-12(6-13(16)18)19-10(3)17/h4-5,12H,6-7H2,1-3H3. The highest BCUT2D eigenvalue weighted by Gasteiger charge is 2.33. The largest absolute Gasteiger partial charge is 0.311 e. The maximum Gasteiger partial charge on any atom is 0.228 e. The highest BCUT2D eigenvalue weighted by Crippen LogP contribution is 2.34. The van der Waals surface area contributed by atoms with Gasteiger partial charge in [-0.1, -0.05) is 23.4 Å². The maximum atomic E-state index is 12.1. The second-order valence-electron chi connectivity index (χ2n) is 4.83. The molecule has 1 aromatic rings. The number of halogens is 1. The number of aryl methyl sites for hydroxylation is 2. The van der Waals surface area contributed by atoms with Crippen molar-refractivity contribution in [3.63, 3.8) is 0 Å². The summed E-state index contributed by atoms with van der Waals surface area (Å²) in [4.78, 5) is 25.0. The van der Waals surface area contributed by atoms with Gasteiger partial charge in [0.2, 0.25) is 5.91 Å². The molecule has 1 aliphatic rings. The van der Waals surface area contributed by atoms with Crippen LogP contribution >= 0.6 is 23.4 Å². The molecule has 0 saturated carbocycles. The van der Waals surface area contributed by atoms with E-state index in [-0.39, 0.29) is 16.3 Å². The van der Waals surface area contributed by atoms with E-state index in [1.807, 2.05) is 26.0 Å². The van der Waals surface area contributed by atoms with E-state index in [1.54, 1.807) is 4.90 Å². The van der Waals surface area contributed by atoms with Crippen molar-refractivity contribution in [2.45, 2.75) is 32.4 Å². The summed E-state index contributed by atoms with van der Waals surface area (Å²) >= 11 is 7.26. The van der Waals surface area contributed by atoms with Crippen LogP contribution in [0.5, 0.6) is 0 Å². The molecule has 1 amide bonds. The first-order valence-corrected chi connectivity index (χ1v) is 7.38. The molecule has 1 aromatic carbocycles. The van der Waals surface area contributed by atoms with Crippen LogP contribution in [0.25, 0.3) is 0 Å². The molecule has 1 fully saturated rings. The minimum atomic E-state index is 0.0551. The summed E-state index contributed by atoms with van der Waals surface area (Å²) in [5.74, 6) is 0.0762. The maximum absolute atomic E-state index is 12.1. The van der Waals surface area contributed by atoms with E-state index in [2.05, 4.69) is 0 Å². The molecule has 1 heterocycles. The minimum Gasteiger partial charge on any atom is -0.311 e. The fourth-order valence-corrected chi connectivity index (χ4v) is 3.78. The zero-order chi connectivity index (χ0) is 14.2. The number of carbonyl (C=O) groups is 2. The first-order chi connectivity index (χ1) is 8.88. The van der Waals surface area contributed by atoms with Gasteiger partial charge in [-0.05, 0) is 37.1 Å². The van der Waals surface area contributed by atoms with Crippen molar-refractivity contribution in [3.8, 4) is 0 Å². The van der Waals surface area contributed by atoms with Crippen LogP contribution in [0.4, 0.5) is 5.69 Å². The van der Waals surface area contributed by atoms with Crippen molar-refractivity contribution in [1.82, 2.24) is 0 Å². The Morgan fingerprint density at radius 1 is 1.37 bits per heavy atom. The fourth-order valence-electron chi connectivity index (χ4n) is 2.53. The molecule has 1 unspecified atom stereocenters. The third-order valence-corrected chi connectivity index (χ3v) is 4.35. The van der Waals surface area contributed by atoms with Crippen molar-refractivity contribution in [2.24, 2.45) is 0 Å². The van der Waals surface area contributed by atoms with Crippen molar-refractivity contribution in [2.75, 3.05) is 11.4 Å². The number of rotatable bonds is 2. The Bertz CT molecular complexity index is 521. The number of carbonyl (C=O) groups excluding carboxylic acids is 2. The predicted octanol–water partition coefficient (Wildman–Crippen LogP) is 3.34. The molecular formula is C14H16ClNO2S. The van der Waals surface area contributed by atoms with Crippen LogP contribution in [0, 0.1) is 13.8 Å². The number of hydrogen-bond acceptors (Lipinski definition) is 3. The van der Waals surface area contributed by atoms with Crippen LogP contribution in [0.15, 0.2) is 12.1 Å². The molecular weight excluding hydrogens is 282 g/mol. The Balaban J connectivity index is 2.28. The number of nitrogens with zero attached hydrogens (tertiary/aromatic N) is 1. The summed E-state index contributed by atoms with van der Waals surface area (Å²) in [6.45, 7) is 6.03. The van der Waals surface area contributed by atoms with E-state index in [9.17, 15) is 9.59 Å². The fraction of sp³-hybridized carbons (Fsp3) is 0.429. The van der Waals surface area contributed by atoms with Gasteiger partial charge in [0.05, 0.1) is 0 Å². The number of benzene rings is 1. The number of thioether (sulfide) groups is 1. The summed E-state index contributed by atoms with van der Waals surface area (Å²) in [6, 6.07) is 3.73. The Labute approximate surface area is 122 Å². The van der Waals surface area contributed by atoms with Gasteiger partial charge in [-0.2, -0.15) is 0 Å². The van der Waals surface area contributed by atoms with Crippen LogP contribution in [0.2, 0.25) is 5.02 Å². The van der Waals surface area contributed by atoms with Gasteiger partial charge in [-0.15, -0.1) is 0 Å². The van der Waals surface area contributed by atoms with Gasteiger partial charge in [-0.25, -0.2) is 0 Å². The molecule has 0 aliphatic carbocycles. The molecule has 2 rings (SSSR count). The van der Waals surface area contributed by atoms with Crippen molar-refractivity contribution in [3.05, 3.63) is 28.3 Å². The van der Waals surface area contributed by atoms with Gasteiger partial charge < -0.3 is 4.90 Å². The Morgan fingerprint density at radius 3 is 2.47 bits per heavy atom. The van der Waals surface area contributed by atoms with Gasteiger partial charge in [0.25, 0.3) is 0 Å². The number of amides is 1. The number of hydrogen-bond donors (Lipinski definition) is 0. The molecule has 5 heteroatoms. The van der Waals surface area contributed by atoms with Crippen LogP contribution < -0.4 is 4.90 Å². The lowest BCUT2D eigenvalue weighted by molar-refractivity contribution is -0.117. The molecule has 0 N–H and O–H groups in total. The predicted molar refractivity (Wildman–Crippen MR) is 80.0 cm³/mol. The number of anilines is 1. The third-order valence-electron chi connectivity index (χ3n) is 3.15. The zero-order valence-corrected chi connectivity index (χ0v) is 12.8. The van der Waals surface area contributed by atoms with Crippen LogP contribution in [-0.4, -0.2) is 22.8 Å². The lowest BCUT2D eigenvalue weighted by atomic mass is 10.1. The van der Waals surface area contributed by atoms with Gasteiger partial charge in [-0.3, -0.25) is 9.59 Å². The summed E-state index contributed by atoms with van der Waals surface area (Å²) in [6.07, 6.45) is 0.422. The Hall–Kier alpha value is -1.00. The van der Waals surface area contributed by atoms with Gasteiger partial charge in [0, 0.05) is 35.8 Å².